The maximum atomic E-state index is 13.0. The molecule has 0 saturated heterocycles. The Morgan fingerprint density at radius 2 is 1.08 bits per heavy atom. The number of carbonyl (C=O) groups excluding carboxylic acids is 1. The quantitative estimate of drug-likeness (QED) is 0.138. The zero-order chi connectivity index (χ0) is 27.3. The monoisotopic (exact) mass is 525 g/mol. The summed E-state index contributed by atoms with van der Waals surface area (Å²) in [6, 6.07) is 32.9. The summed E-state index contributed by atoms with van der Waals surface area (Å²) in [4.78, 5) is 15.1. The first-order valence-corrected chi connectivity index (χ1v) is 13.1. The first-order valence-electron chi connectivity index (χ1n) is 13.1. The van der Waals surface area contributed by atoms with E-state index >= 15 is 0 Å². The SMILES string of the molecule is CN(C)CCCOC(=O)c1cc(OCc2ccccc2)c(OCc2ccccc2)c(OCc2ccccc2)c1. The molecule has 6 nitrogen and oxygen atoms in total. The smallest absolute Gasteiger partial charge is 0.338 e. The molecule has 0 spiro atoms. The number of carbonyl (C=O) groups is 1. The van der Waals surface area contributed by atoms with E-state index in [4.69, 9.17) is 18.9 Å². The maximum absolute atomic E-state index is 13.0. The molecule has 4 aromatic carbocycles. The van der Waals surface area contributed by atoms with E-state index in [0.717, 1.165) is 29.7 Å². The Morgan fingerprint density at radius 3 is 1.51 bits per heavy atom. The van der Waals surface area contributed by atoms with Crippen molar-refractivity contribution in [2.45, 2.75) is 26.2 Å². The van der Waals surface area contributed by atoms with Crippen molar-refractivity contribution < 1.29 is 23.7 Å². The Labute approximate surface area is 230 Å². The summed E-state index contributed by atoms with van der Waals surface area (Å²) in [6.45, 7) is 2.09. The summed E-state index contributed by atoms with van der Waals surface area (Å²) in [7, 11) is 3.98. The van der Waals surface area contributed by atoms with Gasteiger partial charge in [-0.2, -0.15) is 0 Å². The number of hydrogen-bond donors (Lipinski definition) is 0. The molecule has 0 heterocycles. The van der Waals surface area contributed by atoms with E-state index in [1.54, 1.807) is 12.1 Å². The van der Waals surface area contributed by atoms with Gasteiger partial charge in [-0.1, -0.05) is 91.0 Å². The van der Waals surface area contributed by atoms with Crippen LogP contribution in [0.4, 0.5) is 0 Å². The first-order chi connectivity index (χ1) is 19.1. The molecular weight excluding hydrogens is 490 g/mol. The molecule has 0 N–H and O–H groups in total. The lowest BCUT2D eigenvalue weighted by atomic mass is 10.1. The minimum absolute atomic E-state index is 0.308. The van der Waals surface area contributed by atoms with E-state index < -0.39 is 5.97 Å². The highest BCUT2D eigenvalue weighted by Crippen LogP contribution is 2.40. The van der Waals surface area contributed by atoms with Gasteiger partial charge in [0.05, 0.1) is 12.2 Å². The molecule has 0 bridgehead atoms. The fourth-order valence-corrected chi connectivity index (χ4v) is 3.88. The molecule has 0 saturated carbocycles. The summed E-state index contributed by atoms with van der Waals surface area (Å²) in [6.07, 6.45) is 0.742. The number of benzene rings is 4. The Kier molecular flexibility index (Phi) is 10.4. The number of rotatable bonds is 14. The van der Waals surface area contributed by atoms with Crippen molar-refractivity contribution in [1.29, 1.82) is 0 Å². The van der Waals surface area contributed by atoms with Crippen LogP contribution in [-0.4, -0.2) is 38.1 Å². The number of ether oxygens (including phenoxy) is 4. The van der Waals surface area contributed by atoms with Gasteiger partial charge in [0, 0.05) is 6.54 Å². The van der Waals surface area contributed by atoms with Crippen LogP contribution in [-0.2, 0) is 24.6 Å². The predicted octanol–water partition coefficient (Wildman–Crippen LogP) is 6.53. The van der Waals surface area contributed by atoms with Crippen LogP contribution in [0.5, 0.6) is 17.2 Å². The van der Waals surface area contributed by atoms with E-state index in [-0.39, 0.29) is 0 Å². The van der Waals surface area contributed by atoms with E-state index in [0.29, 0.717) is 49.2 Å². The number of hydrogen-bond acceptors (Lipinski definition) is 6. The van der Waals surface area contributed by atoms with Crippen molar-refractivity contribution >= 4 is 5.97 Å². The van der Waals surface area contributed by atoms with Crippen LogP contribution in [0.3, 0.4) is 0 Å². The minimum Gasteiger partial charge on any atom is -0.485 e. The van der Waals surface area contributed by atoms with Gasteiger partial charge >= 0.3 is 5.97 Å². The Hall–Kier alpha value is -4.29. The molecule has 4 rings (SSSR count). The topological polar surface area (TPSA) is 57.2 Å². The lowest BCUT2D eigenvalue weighted by Crippen LogP contribution is -2.16. The predicted molar refractivity (Wildman–Crippen MR) is 152 cm³/mol. The van der Waals surface area contributed by atoms with Crippen molar-refractivity contribution in [2.75, 3.05) is 27.2 Å². The molecule has 0 aromatic heterocycles. The lowest BCUT2D eigenvalue weighted by Gasteiger charge is -2.19. The molecule has 4 aromatic rings. The highest BCUT2D eigenvalue weighted by molar-refractivity contribution is 5.91. The highest BCUT2D eigenvalue weighted by Gasteiger charge is 2.20. The van der Waals surface area contributed by atoms with E-state index in [1.165, 1.54) is 0 Å². The van der Waals surface area contributed by atoms with Crippen LogP contribution in [0.1, 0.15) is 33.5 Å². The third-order valence-corrected chi connectivity index (χ3v) is 5.94. The molecule has 0 fully saturated rings. The van der Waals surface area contributed by atoms with Gasteiger partial charge in [0.1, 0.15) is 19.8 Å². The fraction of sp³-hybridized carbons (Fsp3) is 0.242. The summed E-state index contributed by atoms with van der Waals surface area (Å²) < 4.78 is 24.3. The summed E-state index contributed by atoms with van der Waals surface area (Å²) in [5.74, 6) is 0.841. The van der Waals surface area contributed by atoms with Gasteiger partial charge < -0.3 is 23.8 Å². The van der Waals surface area contributed by atoms with Crippen molar-refractivity contribution in [3.63, 3.8) is 0 Å². The lowest BCUT2D eigenvalue weighted by molar-refractivity contribution is 0.0492. The molecule has 0 aliphatic carbocycles. The zero-order valence-electron chi connectivity index (χ0n) is 22.5. The Morgan fingerprint density at radius 1 is 0.641 bits per heavy atom. The van der Waals surface area contributed by atoms with Gasteiger partial charge in [-0.3, -0.25) is 0 Å². The average Bonchev–Trinajstić information content (AvgIpc) is 2.97. The number of esters is 1. The molecule has 6 heteroatoms. The second-order valence-electron chi connectivity index (χ2n) is 9.42. The minimum atomic E-state index is -0.433. The van der Waals surface area contributed by atoms with Crippen LogP contribution >= 0.6 is 0 Å². The van der Waals surface area contributed by atoms with E-state index in [1.807, 2.05) is 105 Å². The second kappa shape index (κ2) is 14.6. The largest absolute Gasteiger partial charge is 0.485 e. The van der Waals surface area contributed by atoms with Gasteiger partial charge in [0.2, 0.25) is 5.75 Å². The molecule has 0 radical (unpaired) electrons. The van der Waals surface area contributed by atoms with Crippen molar-refractivity contribution in [1.82, 2.24) is 4.90 Å². The van der Waals surface area contributed by atoms with Crippen LogP contribution in [0.2, 0.25) is 0 Å². The van der Waals surface area contributed by atoms with E-state index in [2.05, 4.69) is 4.90 Å². The third kappa shape index (κ3) is 8.90. The van der Waals surface area contributed by atoms with Gasteiger partial charge in [-0.15, -0.1) is 0 Å². The third-order valence-electron chi connectivity index (χ3n) is 5.94. The van der Waals surface area contributed by atoms with Gasteiger partial charge in [0.25, 0.3) is 0 Å². The first kappa shape index (κ1) is 27.7. The molecule has 0 unspecified atom stereocenters. The Bertz CT molecular complexity index is 1230. The van der Waals surface area contributed by atoms with Crippen LogP contribution < -0.4 is 14.2 Å². The number of nitrogens with zero attached hydrogens (tertiary/aromatic N) is 1. The fourth-order valence-electron chi connectivity index (χ4n) is 3.88. The summed E-state index contributed by atoms with van der Waals surface area (Å²) >= 11 is 0. The van der Waals surface area contributed by atoms with Crippen molar-refractivity contribution in [3.05, 3.63) is 125 Å². The normalized spacial score (nSPS) is 10.7. The molecule has 202 valence electrons. The van der Waals surface area contributed by atoms with Crippen LogP contribution in [0, 0.1) is 0 Å². The van der Waals surface area contributed by atoms with Crippen molar-refractivity contribution in [2.24, 2.45) is 0 Å². The van der Waals surface area contributed by atoms with E-state index in [9.17, 15) is 4.79 Å². The molecule has 0 aliphatic heterocycles. The highest BCUT2D eigenvalue weighted by atomic mass is 16.5. The zero-order valence-corrected chi connectivity index (χ0v) is 22.5. The van der Waals surface area contributed by atoms with Crippen LogP contribution in [0.15, 0.2) is 103 Å². The molecule has 0 amide bonds. The molecule has 0 atom stereocenters. The van der Waals surface area contributed by atoms with Gasteiger partial charge in [-0.05, 0) is 49.3 Å². The van der Waals surface area contributed by atoms with Crippen LogP contribution in [0.25, 0.3) is 0 Å². The van der Waals surface area contributed by atoms with Gasteiger partial charge in [-0.25, -0.2) is 4.79 Å². The molecule has 0 aliphatic rings. The Balaban J connectivity index is 1.63. The summed E-state index contributed by atoms with van der Waals surface area (Å²) in [5, 5.41) is 0. The van der Waals surface area contributed by atoms with Crippen molar-refractivity contribution in [3.8, 4) is 17.2 Å². The standard InChI is InChI=1S/C33H35NO5/c1-34(2)19-12-20-36-33(35)29-21-30(37-23-26-13-6-3-7-14-26)32(39-25-28-17-10-5-11-18-28)31(22-29)38-24-27-15-8-4-9-16-27/h3-11,13-18,21-22H,12,19-20,23-25H2,1-2H3. The van der Waals surface area contributed by atoms with Gasteiger partial charge in [0.15, 0.2) is 11.5 Å². The molecular formula is C33H35NO5. The maximum Gasteiger partial charge on any atom is 0.338 e. The summed E-state index contributed by atoms with van der Waals surface area (Å²) in [5.41, 5.74) is 3.34. The second-order valence-corrected chi connectivity index (χ2v) is 9.42. The average molecular weight is 526 g/mol. The molecule has 39 heavy (non-hydrogen) atoms.